The van der Waals surface area contributed by atoms with Crippen LogP contribution in [-0.4, -0.2) is 37.7 Å². The maximum atomic E-state index is 14.1. The summed E-state index contributed by atoms with van der Waals surface area (Å²) in [6.07, 6.45) is 2.35. The standard InChI is InChI=1S/C15H23FN2O/c1-11-3-6-14(16)13(9-11)15(10-17)18(7-8-19-2)12-4-5-12/h3,6,9,12,15H,4-5,7-8,10,17H2,1-2H3. The number of rotatable bonds is 7. The van der Waals surface area contributed by atoms with E-state index in [4.69, 9.17) is 10.5 Å². The molecule has 1 aromatic carbocycles. The van der Waals surface area contributed by atoms with Gasteiger partial charge in [0, 0.05) is 31.8 Å². The molecule has 0 saturated heterocycles. The summed E-state index contributed by atoms with van der Waals surface area (Å²) in [6, 6.07) is 5.72. The van der Waals surface area contributed by atoms with Crippen molar-refractivity contribution in [3.05, 3.63) is 35.1 Å². The molecule has 1 unspecified atom stereocenters. The maximum absolute atomic E-state index is 14.1. The fraction of sp³-hybridized carbons (Fsp3) is 0.600. The zero-order chi connectivity index (χ0) is 13.8. The fourth-order valence-electron chi connectivity index (χ4n) is 2.56. The Balaban J connectivity index is 2.22. The number of benzene rings is 1. The Morgan fingerprint density at radius 3 is 2.79 bits per heavy atom. The Bertz CT molecular complexity index is 421. The third-order valence-electron chi connectivity index (χ3n) is 3.70. The first kappa shape index (κ1) is 14.4. The lowest BCUT2D eigenvalue weighted by Gasteiger charge is -2.31. The molecule has 19 heavy (non-hydrogen) atoms. The molecule has 0 radical (unpaired) electrons. The summed E-state index contributed by atoms with van der Waals surface area (Å²) >= 11 is 0. The third kappa shape index (κ3) is 3.53. The van der Waals surface area contributed by atoms with Crippen LogP contribution in [0.1, 0.15) is 30.0 Å². The van der Waals surface area contributed by atoms with Crippen LogP contribution in [0, 0.1) is 12.7 Å². The molecule has 1 atom stereocenters. The molecule has 1 fully saturated rings. The lowest BCUT2D eigenvalue weighted by Crippen LogP contribution is -2.38. The Morgan fingerprint density at radius 1 is 1.47 bits per heavy atom. The van der Waals surface area contributed by atoms with Gasteiger partial charge in [-0.05, 0) is 25.8 Å². The van der Waals surface area contributed by atoms with Gasteiger partial charge in [0.25, 0.3) is 0 Å². The molecule has 106 valence electrons. The van der Waals surface area contributed by atoms with Crippen molar-refractivity contribution in [1.29, 1.82) is 0 Å². The van der Waals surface area contributed by atoms with Crippen LogP contribution in [-0.2, 0) is 4.74 Å². The van der Waals surface area contributed by atoms with Gasteiger partial charge in [0.2, 0.25) is 0 Å². The molecule has 1 aromatic rings. The molecule has 1 aliphatic carbocycles. The van der Waals surface area contributed by atoms with Crippen LogP contribution in [0.5, 0.6) is 0 Å². The first-order chi connectivity index (χ1) is 9.17. The van der Waals surface area contributed by atoms with Crippen LogP contribution in [0.25, 0.3) is 0 Å². The van der Waals surface area contributed by atoms with Gasteiger partial charge in [-0.25, -0.2) is 4.39 Å². The second-order valence-electron chi connectivity index (χ2n) is 5.24. The monoisotopic (exact) mass is 266 g/mol. The molecule has 0 aliphatic heterocycles. The molecule has 0 heterocycles. The summed E-state index contributed by atoms with van der Waals surface area (Å²) < 4.78 is 19.2. The van der Waals surface area contributed by atoms with E-state index in [-0.39, 0.29) is 11.9 Å². The van der Waals surface area contributed by atoms with Crippen LogP contribution in [0.2, 0.25) is 0 Å². The van der Waals surface area contributed by atoms with Gasteiger partial charge in [0.15, 0.2) is 0 Å². The average Bonchev–Trinajstić information content (AvgIpc) is 3.22. The summed E-state index contributed by atoms with van der Waals surface area (Å²) in [5, 5.41) is 0. The van der Waals surface area contributed by atoms with Gasteiger partial charge in [-0.2, -0.15) is 0 Å². The SMILES string of the molecule is COCCN(C1CC1)C(CN)c1cc(C)ccc1F. The first-order valence-corrected chi connectivity index (χ1v) is 6.88. The Morgan fingerprint density at radius 2 is 2.21 bits per heavy atom. The normalized spacial score (nSPS) is 16.9. The van der Waals surface area contributed by atoms with E-state index in [0.717, 1.165) is 12.1 Å². The zero-order valence-corrected chi connectivity index (χ0v) is 11.7. The predicted molar refractivity (Wildman–Crippen MR) is 74.5 cm³/mol. The van der Waals surface area contributed by atoms with Crippen molar-refractivity contribution >= 4 is 0 Å². The van der Waals surface area contributed by atoms with Crippen molar-refractivity contribution in [2.24, 2.45) is 5.73 Å². The van der Waals surface area contributed by atoms with E-state index in [1.54, 1.807) is 13.2 Å². The minimum atomic E-state index is -0.163. The first-order valence-electron chi connectivity index (χ1n) is 6.88. The number of hydrogen-bond acceptors (Lipinski definition) is 3. The van der Waals surface area contributed by atoms with E-state index >= 15 is 0 Å². The summed E-state index contributed by atoms with van der Waals surface area (Å²) in [4.78, 5) is 2.29. The number of methoxy groups -OCH3 is 1. The van der Waals surface area contributed by atoms with Gasteiger partial charge in [0.05, 0.1) is 12.6 Å². The second kappa shape index (κ2) is 6.46. The summed E-state index contributed by atoms with van der Waals surface area (Å²) in [7, 11) is 1.69. The number of ether oxygens (including phenoxy) is 1. The largest absolute Gasteiger partial charge is 0.383 e. The number of aryl methyl sites for hydroxylation is 1. The minimum Gasteiger partial charge on any atom is -0.383 e. The van der Waals surface area contributed by atoms with Gasteiger partial charge in [-0.1, -0.05) is 17.7 Å². The lowest BCUT2D eigenvalue weighted by molar-refractivity contribution is 0.114. The molecule has 1 saturated carbocycles. The van der Waals surface area contributed by atoms with Crippen LogP contribution in [0.3, 0.4) is 0 Å². The van der Waals surface area contributed by atoms with E-state index in [9.17, 15) is 4.39 Å². The molecule has 0 spiro atoms. The van der Waals surface area contributed by atoms with Crippen molar-refractivity contribution in [3.63, 3.8) is 0 Å². The van der Waals surface area contributed by atoms with Crippen molar-refractivity contribution in [2.75, 3.05) is 26.8 Å². The highest BCUT2D eigenvalue weighted by molar-refractivity contribution is 5.27. The Hall–Kier alpha value is -0.970. The zero-order valence-electron chi connectivity index (χ0n) is 11.7. The third-order valence-corrected chi connectivity index (χ3v) is 3.70. The highest BCUT2D eigenvalue weighted by Crippen LogP contribution is 2.34. The minimum absolute atomic E-state index is 0.0532. The Labute approximate surface area is 114 Å². The lowest BCUT2D eigenvalue weighted by atomic mass is 10.0. The van der Waals surface area contributed by atoms with Crippen LogP contribution < -0.4 is 5.73 Å². The predicted octanol–water partition coefficient (Wildman–Crippen LogP) is 2.24. The maximum Gasteiger partial charge on any atom is 0.128 e. The van der Waals surface area contributed by atoms with Crippen LogP contribution in [0.4, 0.5) is 4.39 Å². The fourth-order valence-corrected chi connectivity index (χ4v) is 2.56. The number of halogens is 1. The van der Waals surface area contributed by atoms with E-state index in [1.165, 1.54) is 18.9 Å². The Kier molecular flexibility index (Phi) is 4.91. The van der Waals surface area contributed by atoms with E-state index in [1.807, 2.05) is 13.0 Å². The van der Waals surface area contributed by atoms with E-state index in [2.05, 4.69) is 4.90 Å². The van der Waals surface area contributed by atoms with Crippen LogP contribution >= 0.6 is 0 Å². The molecule has 3 nitrogen and oxygen atoms in total. The van der Waals surface area contributed by atoms with Gasteiger partial charge >= 0.3 is 0 Å². The molecule has 0 bridgehead atoms. The van der Waals surface area contributed by atoms with Crippen LogP contribution in [0.15, 0.2) is 18.2 Å². The van der Waals surface area contributed by atoms with Gasteiger partial charge in [-0.15, -0.1) is 0 Å². The highest BCUT2D eigenvalue weighted by Gasteiger charge is 2.34. The number of nitrogens with zero attached hydrogens (tertiary/aromatic N) is 1. The highest BCUT2D eigenvalue weighted by atomic mass is 19.1. The molecule has 2 rings (SSSR count). The summed E-state index contributed by atoms with van der Waals surface area (Å²) in [6.45, 7) is 3.87. The summed E-state index contributed by atoms with van der Waals surface area (Å²) in [5.74, 6) is -0.163. The molecule has 1 aliphatic rings. The average molecular weight is 266 g/mol. The number of hydrogen-bond donors (Lipinski definition) is 1. The molecule has 0 aromatic heterocycles. The van der Waals surface area contributed by atoms with Crippen molar-refractivity contribution < 1.29 is 9.13 Å². The van der Waals surface area contributed by atoms with Crippen molar-refractivity contribution in [1.82, 2.24) is 4.90 Å². The van der Waals surface area contributed by atoms with Gasteiger partial charge in [-0.3, -0.25) is 4.90 Å². The van der Waals surface area contributed by atoms with E-state index in [0.29, 0.717) is 24.8 Å². The summed E-state index contributed by atoms with van der Waals surface area (Å²) in [5.41, 5.74) is 7.69. The molecule has 4 heteroatoms. The molecule has 2 N–H and O–H groups in total. The smallest absolute Gasteiger partial charge is 0.128 e. The molecular weight excluding hydrogens is 243 g/mol. The van der Waals surface area contributed by atoms with Crippen molar-refractivity contribution in [2.45, 2.75) is 31.8 Å². The van der Waals surface area contributed by atoms with Gasteiger partial charge < -0.3 is 10.5 Å². The van der Waals surface area contributed by atoms with Gasteiger partial charge in [0.1, 0.15) is 5.82 Å². The molecular formula is C15H23FN2O. The second-order valence-corrected chi connectivity index (χ2v) is 5.24. The topological polar surface area (TPSA) is 38.5 Å². The number of nitrogens with two attached hydrogens (primary N) is 1. The van der Waals surface area contributed by atoms with E-state index < -0.39 is 0 Å². The molecule has 0 amide bonds. The van der Waals surface area contributed by atoms with Crippen molar-refractivity contribution in [3.8, 4) is 0 Å². The quantitative estimate of drug-likeness (QED) is 0.822.